The Bertz CT molecular complexity index is 1040. The number of aliphatic hydroxyl groups is 1. The average molecular weight is 557 g/mol. The Labute approximate surface area is 236 Å². The number of benzene rings is 1. The maximum atomic E-state index is 12.7. The van der Waals surface area contributed by atoms with Crippen molar-refractivity contribution in [2.75, 3.05) is 55.5 Å². The summed E-state index contributed by atoms with van der Waals surface area (Å²) in [4.78, 5) is 26.6. The van der Waals surface area contributed by atoms with Gasteiger partial charge in [0.25, 0.3) is 5.91 Å². The molecule has 2 aromatic rings. The van der Waals surface area contributed by atoms with Gasteiger partial charge in [0.1, 0.15) is 0 Å². The molecule has 0 saturated heterocycles. The van der Waals surface area contributed by atoms with Crippen molar-refractivity contribution in [3.05, 3.63) is 29.8 Å². The molecule has 1 amide bonds. The maximum Gasteiger partial charge on any atom is 0.251 e. The number of amides is 1. The Morgan fingerprint density at radius 3 is 2.20 bits per heavy atom. The number of ether oxygens (including phenoxy) is 2. The molecule has 12 nitrogen and oxygen atoms in total. The lowest BCUT2D eigenvalue weighted by Gasteiger charge is -2.27. The summed E-state index contributed by atoms with van der Waals surface area (Å²) in [5, 5.41) is 22.9. The molecule has 0 aliphatic heterocycles. The molecule has 0 spiro atoms. The first kappa shape index (κ1) is 29.9. The van der Waals surface area contributed by atoms with Gasteiger partial charge in [0.2, 0.25) is 17.8 Å². The molecule has 4 rings (SSSR count). The van der Waals surface area contributed by atoms with Crippen molar-refractivity contribution in [1.29, 1.82) is 0 Å². The van der Waals surface area contributed by atoms with Gasteiger partial charge in [-0.15, -0.1) is 0 Å². The minimum absolute atomic E-state index is 0.191. The molecular weight excluding hydrogens is 512 g/mol. The molecule has 2 aliphatic rings. The molecule has 2 aliphatic carbocycles. The molecule has 0 unspecified atom stereocenters. The van der Waals surface area contributed by atoms with Crippen molar-refractivity contribution < 1.29 is 19.4 Å². The number of carbonyl (C=O) groups is 1. The van der Waals surface area contributed by atoms with Crippen LogP contribution in [0.5, 0.6) is 0 Å². The lowest BCUT2D eigenvalue weighted by molar-refractivity contribution is 0.0511. The van der Waals surface area contributed by atoms with Gasteiger partial charge < -0.3 is 41.6 Å². The highest BCUT2D eigenvalue weighted by molar-refractivity contribution is 5.95. The van der Waals surface area contributed by atoms with Crippen LogP contribution < -0.4 is 27.0 Å². The van der Waals surface area contributed by atoms with E-state index in [0.29, 0.717) is 74.7 Å². The molecule has 1 heterocycles. The van der Waals surface area contributed by atoms with Gasteiger partial charge >= 0.3 is 0 Å². The fourth-order valence-corrected chi connectivity index (χ4v) is 5.00. The lowest BCUT2D eigenvalue weighted by Crippen LogP contribution is -2.29. The Morgan fingerprint density at radius 1 is 0.850 bits per heavy atom. The number of hydrogen-bond donors (Lipinski definition) is 6. The third kappa shape index (κ3) is 10.2. The van der Waals surface area contributed by atoms with Gasteiger partial charge in [0.05, 0.1) is 32.5 Å². The monoisotopic (exact) mass is 556 g/mol. The number of nitrogens with two attached hydrogens (primary N) is 1. The first-order valence-corrected chi connectivity index (χ1v) is 14.6. The van der Waals surface area contributed by atoms with Crippen LogP contribution in [0, 0.1) is 0 Å². The third-order valence-corrected chi connectivity index (χ3v) is 7.15. The number of nitrogens with one attached hydrogen (secondary N) is 4. The topological polar surface area (TPSA) is 169 Å². The second kappa shape index (κ2) is 16.3. The first-order chi connectivity index (χ1) is 19.6. The highest BCUT2D eigenvalue weighted by atomic mass is 16.5. The van der Waals surface area contributed by atoms with Crippen molar-refractivity contribution in [2.24, 2.45) is 5.73 Å². The van der Waals surface area contributed by atoms with E-state index in [2.05, 4.69) is 36.2 Å². The maximum absolute atomic E-state index is 12.7. The van der Waals surface area contributed by atoms with E-state index in [1.54, 1.807) is 12.1 Å². The number of aromatic nitrogens is 3. The summed E-state index contributed by atoms with van der Waals surface area (Å²) in [5.41, 5.74) is 6.59. The summed E-state index contributed by atoms with van der Waals surface area (Å²) < 4.78 is 10.7. The highest BCUT2D eigenvalue weighted by Crippen LogP contribution is 2.25. The van der Waals surface area contributed by atoms with Crippen LogP contribution in [-0.4, -0.2) is 83.7 Å². The predicted molar refractivity (Wildman–Crippen MR) is 155 cm³/mol. The van der Waals surface area contributed by atoms with Gasteiger partial charge in [-0.25, -0.2) is 0 Å². The minimum atomic E-state index is -0.227. The normalized spacial score (nSPS) is 19.6. The predicted octanol–water partition coefficient (Wildman–Crippen LogP) is 2.80. The van der Waals surface area contributed by atoms with Crippen molar-refractivity contribution in [2.45, 2.75) is 76.0 Å². The summed E-state index contributed by atoms with van der Waals surface area (Å²) in [7, 11) is 0. The first-order valence-electron chi connectivity index (χ1n) is 14.6. The fourth-order valence-electron chi connectivity index (χ4n) is 5.00. The molecule has 220 valence electrons. The lowest BCUT2D eigenvalue weighted by atomic mass is 9.93. The summed E-state index contributed by atoms with van der Waals surface area (Å²) in [5.74, 6) is 1.24. The number of hydrogen-bond acceptors (Lipinski definition) is 11. The van der Waals surface area contributed by atoms with E-state index in [4.69, 9.17) is 15.2 Å². The molecule has 0 bridgehead atoms. The Hall–Kier alpha value is -3.06. The summed E-state index contributed by atoms with van der Waals surface area (Å²) >= 11 is 0. The molecule has 7 N–H and O–H groups in total. The molecule has 12 heteroatoms. The SMILES string of the molecule is NCCOCCOCCNC(=O)c1cccc(Nc2nc(NC3CCCCC3)nc(NC3CCC(O)CC3)n2)c1. The van der Waals surface area contributed by atoms with Crippen LogP contribution in [-0.2, 0) is 9.47 Å². The average Bonchev–Trinajstić information content (AvgIpc) is 2.96. The van der Waals surface area contributed by atoms with E-state index < -0.39 is 0 Å². The van der Waals surface area contributed by atoms with Gasteiger partial charge in [0, 0.05) is 36.4 Å². The molecule has 1 aromatic heterocycles. The second-order valence-corrected chi connectivity index (χ2v) is 10.4. The van der Waals surface area contributed by atoms with Crippen LogP contribution in [0.3, 0.4) is 0 Å². The van der Waals surface area contributed by atoms with Crippen LogP contribution in [0.2, 0.25) is 0 Å². The standard InChI is InChI=1S/C28H44N8O4/c29-13-15-39-17-18-40-16-14-30-25(38)20-5-4-8-23(19-20)33-28-35-26(31-21-6-2-1-3-7-21)34-27(36-28)32-22-9-11-24(37)12-10-22/h4-5,8,19,21-22,24,37H,1-3,6-7,9-18,29H2,(H,30,38)(H3,31,32,33,34,35,36). The molecule has 0 atom stereocenters. The molecule has 2 fully saturated rings. The molecular formula is C28H44N8O4. The number of rotatable bonds is 15. The third-order valence-electron chi connectivity index (χ3n) is 7.15. The van der Waals surface area contributed by atoms with E-state index in [1.165, 1.54) is 19.3 Å². The van der Waals surface area contributed by atoms with Crippen molar-refractivity contribution >= 4 is 29.4 Å². The number of aliphatic hydroxyl groups excluding tert-OH is 1. The van der Waals surface area contributed by atoms with Crippen molar-refractivity contribution in [1.82, 2.24) is 20.3 Å². The van der Waals surface area contributed by atoms with Crippen LogP contribution in [0.4, 0.5) is 23.5 Å². The smallest absolute Gasteiger partial charge is 0.251 e. The van der Waals surface area contributed by atoms with E-state index in [1.807, 2.05) is 12.1 Å². The number of nitrogens with zero attached hydrogens (tertiary/aromatic N) is 3. The van der Waals surface area contributed by atoms with Crippen LogP contribution in [0.1, 0.15) is 68.1 Å². The van der Waals surface area contributed by atoms with E-state index in [-0.39, 0.29) is 18.1 Å². The van der Waals surface area contributed by atoms with Crippen molar-refractivity contribution in [3.8, 4) is 0 Å². The quantitative estimate of drug-likeness (QED) is 0.178. The Kier molecular flexibility index (Phi) is 12.2. The zero-order valence-corrected chi connectivity index (χ0v) is 23.2. The van der Waals surface area contributed by atoms with Gasteiger partial charge in [-0.1, -0.05) is 25.3 Å². The largest absolute Gasteiger partial charge is 0.393 e. The van der Waals surface area contributed by atoms with Crippen LogP contribution in [0.25, 0.3) is 0 Å². The summed E-state index contributed by atoms with van der Waals surface area (Å²) in [6.45, 7) is 2.72. The molecule has 2 saturated carbocycles. The zero-order chi connectivity index (χ0) is 28.0. The molecule has 40 heavy (non-hydrogen) atoms. The second-order valence-electron chi connectivity index (χ2n) is 10.4. The molecule has 0 radical (unpaired) electrons. The Morgan fingerprint density at radius 2 is 1.50 bits per heavy atom. The zero-order valence-electron chi connectivity index (χ0n) is 23.2. The summed E-state index contributed by atoms with van der Waals surface area (Å²) in [6, 6.07) is 7.76. The molecule has 1 aromatic carbocycles. The Balaban J connectivity index is 1.36. The van der Waals surface area contributed by atoms with Gasteiger partial charge in [0.15, 0.2) is 0 Å². The van der Waals surface area contributed by atoms with Gasteiger partial charge in [-0.3, -0.25) is 4.79 Å². The summed E-state index contributed by atoms with van der Waals surface area (Å²) in [6.07, 6.45) is 8.91. The van der Waals surface area contributed by atoms with E-state index >= 15 is 0 Å². The van der Waals surface area contributed by atoms with E-state index in [0.717, 1.165) is 38.5 Å². The fraction of sp³-hybridized carbons (Fsp3) is 0.643. The van der Waals surface area contributed by atoms with Crippen LogP contribution >= 0.6 is 0 Å². The highest BCUT2D eigenvalue weighted by Gasteiger charge is 2.21. The van der Waals surface area contributed by atoms with Gasteiger partial charge in [-0.2, -0.15) is 15.0 Å². The number of anilines is 4. The van der Waals surface area contributed by atoms with E-state index in [9.17, 15) is 9.90 Å². The van der Waals surface area contributed by atoms with Crippen LogP contribution in [0.15, 0.2) is 24.3 Å². The van der Waals surface area contributed by atoms with Gasteiger partial charge in [-0.05, 0) is 56.7 Å². The van der Waals surface area contributed by atoms with Crippen molar-refractivity contribution in [3.63, 3.8) is 0 Å². The number of carbonyl (C=O) groups excluding carboxylic acids is 1. The minimum Gasteiger partial charge on any atom is -0.393 e.